The Kier molecular flexibility index (Phi) is 3.32. The van der Waals surface area contributed by atoms with Gasteiger partial charge in [-0.2, -0.15) is 5.10 Å². The molecule has 0 bridgehead atoms. The molecular formula is C13H14N2O3. The minimum atomic E-state index is -0.177. The highest BCUT2D eigenvalue weighted by atomic mass is 16.5. The van der Waals surface area contributed by atoms with Gasteiger partial charge in [0.15, 0.2) is 0 Å². The molecule has 5 nitrogen and oxygen atoms in total. The Morgan fingerprint density at radius 1 is 1.17 bits per heavy atom. The van der Waals surface area contributed by atoms with Gasteiger partial charge >= 0.3 is 0 Å². The maximum Gasteiger partial charge on any atom is 0.218 e. The first-order chi connectivity index (χ1) is 8.69. The fourth-order valence-electron chi connectivity index (χ4n) is 1.80. The highest BCUT2D eigenvalue weighted by Gasteiger charge is 2.21. The molecule has 1 aromatic heterocycles. The Morgan fingerprint density at radius 2 is 1.78 bits per heavy atom. The van der Waals surface area contributed by atoms with Crippen molar-refractivity contribution in [1.29, 1.82) is 0 Å². The second kappa shape index (κ2) is 4.91. The lowest BCUT2D eigenvalue weighted by Gasteiger charge is -2.11. The molecule has 0 saturated carbocycles. The molecule has 0 fully saturated rings. The molecule has 0 unspecified atom stereocenters. The number of nitrogens with zero attached hydrogens (tertiary/aromatic N) is 2. The molecule has 2 rings (SSSR count). The largest absolute Gasteiger partial charge is 0.496 e. The van der Waals surface area contributed by atoms with Gasteiger partial charge < -0.3 is 9.47 Å². The maximum atomic E-state index is 12.5. The summed E-state index contributed by atoms with van der Waals surface area (Å²) in [5.74, 6) is 0.797. The topological polar surface area (TPSA) is 53.4 Å². The van der Waals surface area contributed by atoms with E-state index in [4.69, 9.17) is 9.47 Å². The van der Waals surface area contributed by atoms with Crippen LogP contribution in [0.3, 0.4) is 0 Å². The molecule has 5 heteroatoms. The van der Waals surface area contributed by atoms with E-state index in [2.05, 4.69) is 5.10 Å². The predicted octanol–water partition coefficient (Wildman–Crippen LogP) is 1.67. The number of aryl methyl sites for hydroxylation is 1. The molecule has 94 valence electrons. The minimum absolute atomic E-state index is 0.177. The SMILES string of the molecule is COc1cccc(OC)c1C(=O)c1ccnn1C. The van der Waals surface area contributed by atoms with Crippen molar-refractivity contribution >= 4 is 5.78 Å². The second-order valence-electron chi connectivity index (χ2n) is 3.71. The Morgan fingerprint density at radius 3 is 2.22 bits per heavy atom. The third-order valence-electron chi connectivity index (χ3n) is 2.71. The first-order valence-corrected chi connectivity index (χ1v) is 5.42. The molecule has 0 amide bonds. The number of ketones is 1. The van der Waals surface area contributed by atoms with Crippen molar-refractivity contribution in [2.45, 2.75) is 0 Å². The van der Waals surface area contributed by atoms with Crippen molar-refractivity contribution in [2.75, 3.05) is 14.2 Å². The standard InChI is InChI=1S/C13H14N2O3/c1-15-9(7-8-14-15)13(16)12-10(17-2)5-4-6-11(12)18-3/h4-8H,1-3H3. The lowest BCUT2D eigenvalue weighted by atomic mass is 10.1. The zero-order chi connectivity index (χ0) is 13.1. The summed E-state index contributed by atoms with van der Waals surface area (Å²) in [6.45, 7) is 0. The van der Waals surface area contributed by atoms with Gasteiger partial charge in [0.05, 0.1) is 14.2 Å². The highest BCUT2D eigenvalue weighted by Crippen LogP contribution is 2.30. The number of aromatic nitrogens is 2. The first kappa shape index (κ1) is 12.2. The van der Waals surface area contributed by atoms with E-state index in [1.165, 1.54) is 18.9 Å². The molecule has 0 N–H and O–H groups in total. The monoisotopic (exact) mass is 246 g/mol. The van der Waals surface area contributed by atoms with E-state index in [9.17, 15) is 4.79 Å². The van der Waals surface area contributed by atoms with Crippen LogP contribution < -0.4 is 9.47 Å². The van der Waals surface area contributed by atoms with Gasteiger partial charge in [0.2, 0.25) is 5.78 Å². The van der Waals surface area contributed by atoms with E-state index in [0.717, 1.165) is 0 Å². The summed E-state index contributed by atoms with van der Waals surface area (Å²) >= 11 is 0. The number of benzene rings is 1. The predicted molar refractivity (Wildman–Crippen MR) is 66.2 cm³/mol. The molecular weight excluding hydrogens is 232 g/mol. The summed E-state index contributed by atoms with van der Waals surface area (Å²) in [4.78, 5) is 12.5. The lowest BCUT2D eigenvalue weighted by Crippen LogP contribution is -2.11. The number of carbonyl (C=O) groups excluding carboxylic acids is 1. The fourth-order valence-corrected chi connectivity index (χ4v) is 1.80. The first-order valence-electron chi connectivity index (χ1n) is 5.42. The van der Waals surface area contributed by atoms with E-state index >= 15 is 0 Å². The van der Waals surface area contributed by atoms with Crippen LogP contribution in [0.2, 0.25) is 0 Å². The normalized spacial score (nSPS) is 10.2. The van der Waals surface area contributed by atoms with Crippen LogP contribution in [0.5, 0.6) is 11.5 Å². The molecule has 0 saturated heterocycles. The zero-order valence-corrected chi connectivity index (χ0v) is 10.5. The van der Waals surface area contributed by atoms with Crippen LogP contribution in [0.4, 0.5) is 0 Å². The van der Waals surface area contributed by atoms with Gasteiger partial charge in [-0.1, -0.05) is 6.07 Å². The molecule has 0 aliphatic heterocycles. The van der Waals surface area contributed by atoms with Crippen LogP contribution >= 0.6 is 0 Å². The van der Waals surface area contributed by atoms with Crippen LogP contribution in [0.1, 0.15) is 16.1 Å². The van der Waals surface area contributed by atoms with Gasteiger partial charge in [-0.25, -0.2) is 0 Å². The quantitative estimate of drug-likeness (QED) is 0.770. The number of carbonyl (C=O) groups is 1. The lowest BCUT2D eigenvalue weighted by molar-refractivity contribution is 0.102. The molecule has 1 aromatic carbocycles. The number of hydrogen-bond donors (Lipinski definition) is 0. The fraction of sp³-hybridized carbons (Fsp3) is 0.231. The van der Waals surface area contributed by atoms with Crippen LogP contribution in [-0.2, 0) is 7.05 Å². The van der Waals surface area contributed by atoms with Crippen LogP contribution in [-0.4, -0.2) is 29.8 Å². The summed E-state index contributed by atoms with van der Waals surface area (Å²) in [5, 5.41) is 3.99. The molecule has 0 atom stereocenters. The van der Waals surface area contributed by atoms with Crippen molar-refractivity contribution in [1.82, 2.24) is 9.78 Å². The molecule has 2 aromatic rings. The van der Waals surface area contributed by atoms with Gasteiger partial charge in [-0.05, 0) is 18.2 Å². The third kappa shape index (κ3) is 1.95. The molecule has 18 heavy (non-hydrogen) atoms. The van der Waals surface area contributed by atoms with Gasteiger partial charge in [-0.15, -0.1) is 0 Å². The van der Waals surface area contributed by atoms with Gasteiger partial charge in [-0.3, -0.25) is 9.48 Å². The smallest absolute Gasteiger partial charge is 0.218 e. The van der Waals surface area contributed by atoms with E-state index in [1.807, 2.05) is 0 Å². The number of rotatable bonds is 4. The van der Waals surface area contributed by atoms with E-state index in [-0.39, 0.29) is 5.78 Å². The van der Waals surface area contributed by atoms with Crippen LogP contribution in [0.15, 0.2) is 30.5 Å². The third-order valence-corrected chi connectivity index (χ3v) is 2.71. The van der Waals surface area contributed by atoms with Crippen molar-refractivity contribution < 1.29 is 14.3 Å². The van der Waals surface area contributed by atoms with E-state index < -0.39 is 0 Å². The Balaban J connectivity index is 2.56. The second-order valence-corrected chi connectivity index (χ2v) is 3.71. The summed E-state index contributed by atoms with van der Waals surface area (Å²) in [6, 6.07) is 6.89. The van der Waals surface area contributed by atoms with Crippen molar-refractivity contribution in [3.8, 4) is 11.5 Å². The maximum absolute atomic E-state index is 12.5. The van der Waals surface area contributed by atoms with Crippen LogP contribution in [0, 0.1) is 0 Å². The van der Waals surface area contributed by atoms with Gasteiger partial charge in [0.1, 0.15) is 22.8 Å². The number of methoxy groups -OCH3 is 2. The van der Waals surface area contributed by atoms with Crippen molar-refractivity contribution in [3.63, 3.8) is 0 Å². The molecule has 0 spiro atoms. The molecule has 0 radical (unpaired) electrons. The number of hydrogen-bond acceptors (Lipinski definition) is 4. The van der Waals surface area contributed by atoms with Crippen LogP contribution in [0.25, 0.3) is 0 Å². The summed E-state index contributed by atoms with van der Waals surface area (Å²) in [5.41, 5.74) is 0.893. The van der Waals surface area contributed by atoms with E-state index in [1.54, 1.807) is 37.5 Å². The minimum Gasteiger partial charge on any atom is -0.496 e. The Labute approximate surface area is 105 Å². The highest BCUT2D eigenvalue weighted by molar-refractivity contribution is 6.11. The molecule has 0 aliphatic carbocycles. The summed E-state index contributed by atoms with van der Waals surface area (Å²) in [6.07, 6.45) is 1.58. The van der Waals surface area contributed by atoms with Gasteiger partial charge in [0, 0.05) is 13.2 Å². The number of ether oxygens (including phenoxy) is 2. The molecule has 0 aliphatic rings. The van der Waals surface area contributed by atoms with E-state index in [0.29, 0.717) is 22.8 Å². The molecule has 1 heterocycles. The summed E-state index contributed by atoms with van der Waals surface area (Å²) in [7, 11) is 4.76. The zero-order valence-electron chi connectivity index (χ0n) is 10.5. The Hall–Kier alpha value is -2.30. The van der Waals surface area contributed by atoms with Gasteiger partial charge in [0.25, 0.3) is 0 Å². The van der Waals surface area contributed by atoms with Crippen molar-refractivity contribution in [2.24, 2.45) is 7.05 Å². The average Bonchev–Trinajstić information content (AvgIpc) is 2.83. The average molecular weight is 246 g/mol. The van der Waals surface area contributed by atoms with Crippen molar-refractivity contribution in [3.05, 3.63) is 41.7 Å². The summed E-state index contributed by atoms with van der Waals surface area (Å²) < 4.78 is 12.0. The Bertz CT molecular complexity index is 553.